The van der Waals surface area contributed by atoms with Gasteiger partial charge < -0.3 is 19.3 Å². The molecule has 13 aromatic carbocycles. The molecule has 1 atom stereocenters. The predicted molar refractivity (Wildman–Crippen MR) is 400 cm³/mol. The van der Waals surface area contributed by atoms with E-state index in [1.807, 2.05) is 104 Å². The highest BCUT2D eigenvalue weighted by molar-refractivity contribution is 7.20. The SMILES string of the molecule is C.COc1ccc(N(c2ccccc2)c2ccc(N(c3ccccc3)c3ccc(Oc4ccc(C(=O)c5ccc(C)cc5)cc4)cc3)cc2)cc1.Cc1ccc([I+]c2ccc(C(C)C)cc2)cc1.Fc1c(F)c(F)c([B-](c2c(F)c(F)c(F)c(F)c2F)(c2c(F)c(F)c(F)c(F)c2F)c2c(F)c(F)c(F)c(F)c2F)c(F)c1F.P. The zero-order valence-electron chi connectivity index (χ0n) is 59.4. The number of aryl methyl sites for hydroxylation is 2. The molecule has 0 aliphatic rings. The Kier molecular flexibility index (Phi) is 27.8. The Bertz CT molecular complexity index is 5230. The third-order valence-corrected chi connectivity index (χ3v) is 20.6. The van der Waals surface area contributed by atoms with Crippen LogP contribution in [0.15, 0.2) is 231 Å². The van der Waals surface area contributed by atoms with Gasteiger partial charge in [0.1, 0.15) is 69.9 Å². The summed E-state index contributed by atoms with van der Waals surface area (Å²) in [5.41, 5.74) is -2.96. The zero-order chi connectivity index (χ0) is 80.9. The Morgan fingerprint density at radius 3 is 0.816 bits per heavy atom. The van der Waals surface area contributed by atoms with Gasteiger partial charge in [-0.1, -0.05) is 117 Å². The molecule has 5 nitrogen and oxygen atoms in total. The Morgan fingerprint density at radius 2 is 0.535 bits per heavy atom. The Hall–Kier alpha value is -11.4. The van der Waals surface area contributed by atoms with Crippen LogP contribution in [0.5, 0.6) is 17.2 Å². The summed E-state index contributed by atoms with van der Waals surface area (Å²) in [6.07, 6.45) is -7.22. The van der Waals surface area contributed by atoms with Crippen LogP contribution >= 0.6 is 9.90 Å². The van der Waals surface area contributed by atoms with Crippen LogP contribution in [0.2, 0.25) is 0 Å². The number of para-hydroxylation sites is 2. The van der Waals surface area contributed by atoms with Crippen LogP contribution in [0.25, 0.3) is 0 Å². The Morgan fingerprint density at radius 1 is 0.307 bits per heavy atom. The average molecular weight is 1720 g/mol. The van der Waals surface area contributed by atoms with E-state index in [2.05, 4.69) is 152 Å². The number of methoxy groups -OCH3 is 1. The molecule has 1 unspecified atom stereocenters. The second-order valence-electron chi connectivity index (χ2n) is 25.3. The van der Waals surface area contributed by atoms with E-state index in [1.54, 1.807) is 19.2 Å². The summed E-state index contributed by atoms with van der Waals surface area (Å²) in [6.45, 7) is 8.63. The number of hydrogen-bond acceptors (Lipinski definition) is 5. The monoisotopic (exact) mass is 1720 g/mol. The van der Waals surface area contributed by atoms with Crippen molar-refractivity contribution in [2.75, 3.05) is 16.9 Å². The second kappa shape index (κ2) is 36.6. The Balaban J connectivity index is 0.000000214. The van der Waals surface area contributed by atoms with Crippen molar-refractivity contribution in [1.29, 1.82) is 0 Å². The molecule has 0 fully saturated rings. The van der Waals surface area contributed by atoms with Crippen molar-refractivity contribution in [3.8, 4) is 17.2 Å². The lowest BCUT2D eigenvalue weighted by Crippen LogP contribution is -3.61. The molecule has 13 aromatic rings. The molecule has 0 aliphatic heterocycles. The fourth-order valence-corrected chi connectivity index (χ4v) is 14.5. The van der Waals surface area contributed by atoms with Crippen LogP contribution < -0.4 is 62.3 Å². The maximum Gasteiger partial charge on any atom is 0.357 e. The number of benzene rings is 13. The number of ketones is 1. The van der Waals surface area contributed by atoms with Crippen LogP contribution in [-0.2, 0) is 0 Å². The van der Waals surface area contributed by atoms with Gasteiger partial charge in [0.05, 0.1) is 7.11 Å². The molecule has 114 heavy (non-hydrogen) atoms. The number of hydrogen-bond donors (Lipinski definition) is 0. The van der Waals surface area contributed by atoms with E-state index in [4.69, 9.17) is 9.47 Å². The lowest BCUT2D eigenvalue weighted by molar-refractivity contribution is -0.597. The maximum absolute atomic E-state index is 15.4. The molecule has 0 bridgehead atoms. The highest BCUT2D eigenvalue weighted by Crippen LogP contribution is 2.41. The van der Waals surface area contributed by atoms with Gasteiger partial charge in [0.2, 0.25) is 0 Å². The first-order chi connectivity index (χ1) is 53.4. The van der Waals surface area contributed by atoms with E-state index in [9.17, 15) is 57.5 Å². The van der Waals surface area contributed by atoms with E-state index in [0.29, 0.717) is 28.5 Å². The number of anilines is 6. The molecule has 0 N–H and O–H groups in total. The number of ether oxygens (including phenoxy) is 2. The van der Waals surface area contributed by atoms with Gasteiger partial charge in [0.25, 0.3) is 0 Å². The van der Waals surface area contributed by atoms with Crippen LogP contribution in [0.1, 0.15) is 59.8 Å². The molecule has 0 radical (unpaired) electrons. The first-order valence-electron chi connectivity index (χ1n) is 33.4. The topological polar surface area (TPSA) is 42.0 Å². The summed E-state index contributed by atoms with van der Waals surface area (Å²) in [6, 6.07) is 78.3. The summed E-state index contributed by atoms with van der Waals surface area (Å²) >= 11 is -0.0167. The van der Waals surface area contributed by atoms with Gasteiger partial charge in [0.15, 0.2) is 82.7 Å². The van der Waals surface area contributed by atoms with Crippen molar-refractivity contribution in [2.45, 2.75) is 41.0 Å². The van der Waals surface area contributed by atoms with Gasteiger partial charge in [-0.25, -0.2) is 87.8 Å². The third kappa shape index (κ3) is 17.2. The third-order valence-electron chi connectivity index (χ3n) is 18.0. The highest BCUT2D eigenvalue weighted by atomic mass is 127. The van der Waals surface area contributed by atoms with E-state index in [0.717, 1.165) is 45.4 Å². The molecule has 0 spiro atoms. The van der Waals surface area contributed by atoms with Crippen LogP contribution in [0.4, 0.5) is 122 Å². The number of carbonyl (C=O) groups is 1. The standard InChI is InChI=1S/C45H36N2O3.C24BF20.C16H18I.CH4.H3P/c1-33-13-15-34(16-14-33)45(48)35-17-27-43(28-18-35)50-44-31-25-41(26-32-44)47(37-11-7-4-8-12-37)39-21-19-38(20-22-39)46(36-9-5-3-6-10-36)40-23-29-42(49-2)30-24-40;26-5-1(6(27)14(35)21(42)13(5)34)25(2-7(28)15(36)22(43)16(37)8(2)29,3-9(30)17(38)23(44)18(39)10(3)31)4-11(32)19(40)24(45)20(41)12(4)33;1-12(2)14-6-10-16(11-7-14)17-15-8-4-13(3)5-9-15;;/h3-32H,1-2H3;;4-12H,1-3H3;1H4;1H3/q;-1;+1;;. The number of halogens is 21. The zero-order valence-corrected chi connectivity index (χ0v) is 62.9. The van der Waals surface area contributed by atoms with Gasteiger partial charge >= 0.3 is 21.2 Å². The van der Waals surface area contributed by atoms with Crippen molar-refractivity contribution in [2.24, 2.45) is 0 Å². The minimum absolute atomic E-state index is 0. The van der Waals surface area contributed by atoms with Crippen molar-refractivity contribution in [1.82, 2.24) is 0 Å². The van der Waals surface area contributed by atoms with Crippen molar-refractivity contribution >= 4 is 77.8 Å². The van der Waals surface area contributed by atoms with E-state index in [1.165, 1.54) is 18.3 Å². The highest BCUT2D eigenvalue weighted by Gasteiger charge is 2.52. The van der Waals surface area contributed by atoms with Crippen LogP contribution in [-0.4, -0.2) is 19.0 Å². The van der Waals surface area contributed by atoms with E-state index in [-0.39, 0.29) is 44.3 Å². The van der Waals surface area contributed by atoms with Crippen molar-refractivity contribution in [3.05, 3.63) is 382 Å². The first-order valence-corrected chi connectivity index (χ1v) is 35.6. The summed E-state index contributed by atoms with van der Waals surface area (Å²) < 4.78 is 309. The van der Waals surface area contributed by atoms with Crippen molar-refractivity contribution < 1.29 is 123 Å². The molecule has 0 saturated heterocycles. The molecule has 0 aliphatic carbocycles. The first kappa shape index (κ1) is 86.5. The van der Waals surface area contributed by atoms with E-state index < -0.39 is 144 Å². The molecule has 13 rings (SSSR count). The Labute approximate surface area is 654 Å². The number of carbonyl (C=O) groups excluding carboxylic acids is 1. The second-order valence-corrected chi connectivity index (χ2v) is 28.3. The summed E-state index contributed by atoms with van der Waals surface area (Å²) in [5.74, 6) is -68.6. The maximum atomic E-state index is 15.4. The molecule has 28 heteroatoms. The molecule has 0 amide bonds. The average Bonchev–Trinajstić information content (AvgIpc) is 0.680. The predicted octanol–water partition coefficient (Wildman–Crippen LogP) is 19.8. The minimum atomic E-state index is -7.22. The molecule has 0 saturated carbocycles. The van der Waals surface area contributed by atoms with Gasteiger partial charge in [-0.15, -0.1) is 21.9 Å². The number of nitrogens with zero attached hydrogens (tertiary/aromatic N) is 2. The van der Waals surface area contributed by atoms with Gasteiger partial charge in [-0.05, 0) is 171 Å². The van der Waals surface area contributed by atoms with Crippen molar-refractivity contribution in [3.63, 3.8) is 0 Å². The largest absolute Gasteiger partial charge is 0.497 e. The molecule has 0 heterocycles. The smallest absolute Gasteiger partial charge is 0.357 e. The number of rotatable bonds is 18. The lowest BCUT2D eigenvalue weighted by Gasteiger charge is -2.44. The lowest BCUT2D eigenvalue weighted by atomic mass is 9.12. The van der Waals surface area contributed by atoms with Gasteiger partial charge in [-0.2, -0.15) is 9.90 Å². The summed E-state index contributed by atoms with van der Waals surface area (Å²) in [4.78, 5) is 17.4. The van der Waals surface area contributed by atoms with Crippen LogP contribution in [0.3, 0.4) is 0 Å². The molecular formula is C86H61BF20IN2O3P. The van der Waals surface area contributed by atoms with Crippen LogP contribution in [0, 0.1) is 137 Å². The molecule has 0 aromatic heterocycles. The minimum Gasteiger partial charge on any atom is -0.497 e. The normalized spacial score (nSPS) is 11.0. The quantitative estimate of drug-likeness (QED) is 0.0163. The summed E-state index contributed by atoms with van der Waals surface area (Å²) in [7, 11) is 1.68. The van der Waals surface area contributed by atoms with Gasteiger partial charge in [-0.3, -0.25) is 4.79 Å². The fraction of sp³-hybridized carbons (Fsp3) is 0.0814. The van der Waals surface area contributed by atoms with Gasteiger partial charge in [0, 0.05) is 45.3 Å². The fourth-order valence-electron chi connectivity index (χ4n) is 12.4. The molecule has 588 valence electrons. The summed E-state index contributed by atoms with van der Waals surface area (Å²) in [5, 5.41) is 0. The molecular weight excluding hydrogens is 1660 g/mol. The van der Waals surface area contributed by atoms with E-state index >= 15 is 35.1 Å².